The highest BCUT2D eigenvalue weighted by Crippen LogP contribution is 2.40. The molecule has 5 aromatic carbocycles. The Hall–Kier alpha value is -5.95. The molecule has 0 N–H and O–H groups in total. The zero-order valence-electron chi connectivity index (χ0n) is 22.6. The molecule has 5 nitrogen and oxygen atoms in total. The number of benzene rings is 5. The van der Waals surface area contributed by atoms with Crippen LogP contribution in [0.2, 0.25) is 0 Å². The molecular weight excluding hydrogens is 547 g/mol. The van der Waals surface area contributed by atoms with Crippen molar-refractivity contribution in [3.63, 3.8) is 0 Å². The number of nitrogens with zero attached hydrogens (tertiary/aromatic N) is 5. The van der Waals surface area contributed by atoms with Crippen LogP contribution in [0, 0.1) is 22.7 Å². The van der Waals surface area contributed by atoms with Gasteiger partial charge in [0.25, 0.3) is 0 Å². The number of fused-ring (bicyclic) bond motifs is 9. The Bertz CT molecular complexity index is 2640. The molecule has 0 saturated heterocycles. The first-order valence-corrected chi connectivity index (χ1v) is 14.7. The molecular formula is C37H19N5S. The first kappa shape index (κ1) is 23.7. The molecule has 0 aliphatic heterocycles. The number of hydrogen-bond acceptors (Lipinski definition) is 4. The maximum absolute atomic E-state index is 9.60. The third-order valence-corrected chi connectivity index (χ3v) is 9.51. The fraction of sp³-hybridized carbons (Fsp3) is 0. The fourth-order valence-electron chi connectivity index (χ4n) is 6.50. The summed E-state index contributed by atoms with van der Waals surface area (Å²) in [7, 11) is 0. The van der Waals surface area contributed by atoms with Crippen molar-refractivity contribution in [2.45, 2.75) is 0 Å². The van der Waals surface area contributed by atoms with Crippen molar-refractivity contribution in [1.29, 1.82) is 10.5 Å². The third kappa shape index (κ3) is 3.33. The van der Waals surface area contributed by atoms with Gasteiger partial charge >= 0.3 is 0 Å². The van der Waals surface area contributed by atoms with Crippen LogP contribution in [0.4, 0.5) is 0 Å². The average molecular weight is 566 g/mol. The molecule has 0 unspecified atom stereocenters. The van der Waals surface area contributed by atoms with Crippen molar-refractivity contribution in [3.8, 4) is 23.8 Å². The Morgan fingerprint density at radius 3 is 1.74 bits per heavy atom. The molecule has 0 aliphatic rings. The zero-order chi connectivity index (χ0) is 28.7. The van der Waals surface area contributed by atoms with Gasteiger partial charge in [0.05, 0.1) is 45.3 Å². The quantitative estimate of drug-likeness (QED) is 0.210. The van der Waals surface area contributed by atoms with Gasteiger partial charge in [-0.1, -0.05) is 42.5 Å². The number of aromatic nitrogens is 3. The van der Waals surface area contributed by atoms with Crippen LogP contribution in [0.5, 0.6) is 0 Å². The van der Waals surface area contributed by atoms with Crippen molar-refractivity contribution in [1.82, 2.24) is 14.1 Å². The first-order valence-electron chi connectivity index (χ1n) is 13.9. The van der Waals surface area contributed by atoms with Crippen LogP contribution in [0.15, 0.2) is 115 Å². The Balaban J connectivity index is 1.35. The second-order valence-electron chi connectivity index (χ2n) is 10.7. The number of pyridine rings is 1. The smallest absolute Gasteiger partial charge is 0.140 e. The Kier molecular flexibility index (Phi) is 4.84. The minimum absolute atomic E-state index is 0.577. The van der Waals surface area contributed by atoms with E-state index in [4.69, 9.17) is 4.98 Å². The highest BCUT2D eigenvalue weighted by atomic mass is 32.1. The van der Waals surface area contributed by atoms with Crippen LogP contribution in [-0.4, -0.2) is 14.1 Å². The Morgan fingerprint density at radius 2 is 1.05 bits per heavy atom. The van der Waals surface area contributed by atoms with E-state index in [9.17, 15) is 10.5 Å². The molecule has 0 radical (unpaired) electrons. The minimum Gasteiger partial charge on any atom is -0.294 e. The third-order valence-electron chi connectivity index (χ3n) is 8.37. The molecule has 198 valence electrons. The molecule has 6 heteroatoms. The van der Waals surface area contributed by atoms with E-state index in [1.807, 2.05) is 59.9 Å². The van der Waals surface area contributed by atoms with Gasteiger partial charge in [0.2, 0.25) is 0 Å². The molecule has 0 spiro atoms. The Labute approximate surface area is 249 Å². The van der Waals surface area contributed by atoms with E-state index >= 15 is 0 Å². The van der Waals surface area contributed by atoms with Crippen LogP contribution in [0.3, 0.4) is 0 Å². The summed E-state index contributed by atoms with van der Waals surface area (Å²) in [6.45, 7) is 0. The monoisotopic (exact) mass is 565 g/mol. The van der Waals surface area contributed by atoms with E-state index in [0.717, 1.165) is 44.5 Å². The van der Waals surface area contributed by atoms with E-state index in [-0.39, 0.29) is 0 Å². The molecule has 9 rings (SSSR count). The van der Waals surface area contributed by atoms with Crippen molar-refractivity contribution in [3.05, 3.63) is 126 Å². The highest BCUT2D eigenvalue weighted by Gasteiger charge is 2.18. The van der Waals surface area contributed by atoms with E-state index in [2.05, 4.69) is 88.0 Å². The molecule has 0 fully saturated rings. The molecule has 0 amide bonds. The van der Waals surface area contributed by atoms with Crippen LogP contribution in [0.25, 0.3) is 75.4 Å². The summed E-state index contributed by atoms with van der Waals surface area (Å²) in [4.78, 5) is 5.27. The second-order valence-corrected chi connectivity index (χ2v) is 11.8. The molecule has 9 aromatic rings. The molecule has 0 aliphatic carbocycles. The number of thiophene rings is 1. The first-order chi connectivity index (χ1) is 21.2. The van der Waals surface area contributed by atoms with E-state index < -0.39 is 0 Å². The van der Waals surface area contributed by atoms with E-state index in [1.54, 1.807) is 0 Å². The van der Waals surface area contributed by atoms with Gasteiger partial charge in [0.15, 0.2) is 0 Å². The number of para-hydroxylation sites is 1. The lowest BCUT2D eigenvalue weighted by molar-refractivity contribution is 1.01. The van der Waals surface area contributed by atoms with Gasteiger partial charge in [0.1, 0.15) is 11.6 Å². The summed E-state index contributed by atoms with van der Waals surface area (Å²) >= 11 is 1.83. The standard InChI is InChI=1S/C37H19N5S/c38-20-22-12-14-31-26(16-22)27-17-23(21-39)13-15-32(27)41(31)36-10-5-11-37(40-36)42-30-8-3-1-6-24(30)28-19-35-29(18-33(28)42)25-7-2-4-9-34(25)43-35/h1-19H. The molecule has 0 saturated carbocycles. The minimum atomic E-state index is 0.577. The summed E-state index contributed by atoms with van der Waals surface area (Å²) in [5, 5.41) is 25.9. The van der Waals surface area contributed by atoms with Crippen LogP contribution in [-0.2, 0) is 0 Å². The van der Waals surface area contributed by atoms with Crippen LogP contribution >= 0.6 is 11.3 Å². The SMILES string of the molecule is N#Cc1ccc2c(c1)c1cc(C#N)ccc1n2-c1cccc(-n2c3ccccc3c3cc4sc5ccccc5c4cc32)n1. The van der Waals surface area contributed by atoms with Gasteiger partial charge in [-0.2, -0.15) is 10.5 Å². The van der Waals surface area contributed by atoms with Gasteiger partial charge in [-0.15, -0.1) is 11.3 Å². The number of hydrogen-bond donors (Lipinski definition) is 0. The van der Waals surface area contributed by atoms with Crippen molar-refractivity contribution >= 4 is 75.1 Å². The lowest BCUT2D eigenvalue weighted by atomic mass is 10.1. The second kappa shape index (κ2) is 8.77. The van der Waals surface area contributed by atoms with Crippen LogP contribution in [0.1, 0.15) is 11.1 Å². The summed E-state index contributed by atoms with van der Waals surface area (Å²) < 4.78 is 6.94. The lowest BCUT2D eigenvalue weighted by Gasteiger charge is -2.11. The highest BCUT2D eigenvalue weighted by molar-refractivity contribution is 7.25. The van der Waals surface area contributed by atoms with Gasteiger partial charge < -0.3 is 0 Å². The van der Waals surface area contributed by atoms with Crippen molar-refractivity contribution < 1.29 is 0 Å². The zero-order valence-corrected chi connectivity index (χ0v) is 23.4. The number of nitriles is 2. The predicted molar refractivity (Wildman–Crippen MR) is 175 cm³/mol. The maximum Gasteiger partial charge on any atom is 0.140 e. The van der Waals surface area contributed by atoms with Gasteiger partial charge in [-0.3, -0.25) is 9.13 Å². The van der Waals surface area contributed by atoms with Crippen LogP contribution < -0.4 is 0 Å². The fourth-order valence-corrected chi connectivity index (χ4v) is 7.63. The summed E-state index contributed by atoms with van der Waals surface area (Å²) in [5.74, 6) is 1.58. The average Bonchev–Trinajstić information content (AvgIpc) is 3.70. The van der Waals surface area contributed by atoms with Gasteiger partial charge in [-0.25, -0.2) is 4.98 Å². The van der Waals surface area contributed by atoms with Gasteiger partial charge in [-0.05, 0) is 72.8 Å². The normalized spacial score (nSPS) is 11.7. The lowest BCUT2D eigenvalue weighted by Crippen LogP contribution is -2.03. The predicted octanol–water partition coefficient (Wildman–Crippen LogP) is 9.39. The topological polar surface area (TPSA) is 70.3 Å². The molecule has 43 heavy (non-hydrogen) atoms. The Morgan fingerprint density at radius 1 is 0.465 bits per heavy atom. The molecule has 4 heterocycles. The maximum atomic E-state index is 9.60. The molecule has 4 aromatic heterocycles. The van der Waals surface area contributed by atoms with E-state index in [0.29, 0.717) is 11.1 Å². The summed E-state index contributed by atoms with van der Waals surface area (Å²) in [6.07, 6.45) is 0. The summed E-state index contributed by atoms with van der Waals surface area (Å²) in [6, 6.07) is 43.7. The van der Waals surface area contributed by atoms with Crippen molar-refractivity contribution in [2.24, 2.45) is 0 Å². The number of rotatable bonds is 2. The largest absolute Gasteiger partial charge is 0.294 e. The molecule has 0 bridgehead atoms. The molecule has 0 atom stereocenters. The van der Waals surface area contributed by atoms with Gasteiger partial charge in [0, 0.05) is 41.7 Å². The van der Waals surface area contributed by atoms with E-state index in [1.165, 1.54) is 30.9 Å². The summed E-state index contributed by atoms with van der Waals surface area (Å²) in [5.41, 5.74) is 5.23. The van der Waals surface area contributed by atoms with Crippen molar-refractivity contribution in [2.75, 3.05) is 0 Å².